The van der Waals surface area contributed by atoms with Crippen LogP contribution >= 0.6 is 0 Å². The van der Waals surface area contributed by atoms with Gasteiger partial charge in [-0.2, -0.15) is 0 Å². The standard InChI is InChI=1S/C11H17NO2/c13-10-1-2-12(6-10)11(14)9-4-7-3-8(7)5-9/h7-10,13H,1-6H2/t7?,8?,9?,10-/m1/s1. The molecule has 3 rings (SSSR count). The predicted molar refractivity (Wildman–Crippen MR) is 51.5 cm³/mol. The number of aliphatic hydroxyl groups excluding tert-OH is 1. The van der Waals surface area contributed by atoms with Crippen molar-refractivity contribution in [2.45, 2.75) is 31.8 Å². The van der Waals surface area contributed by atoms with Crippen LogP contribution in [0.15, 0.2) is 0 Å². The zero-order chi connectivity index (χ0) is 9.71. The molecular weight excluding hydrogens is 178 g/mol. The summed E-state index contributed by atoms with van der Waals surface area (Å²) in [6.07, 6.45) is 4.11. The normalized spacial score (nSPS) is 45.4. The number of carbonyl (C=O) groups excluding carboxylic acids is 1. The van der Waals surface area contributed by atoms with Gasteiger partial charge in [-0.25, -0.2) is 0 Å². The van der Waals surface area contributed by atoms with Crippen LogP contribution in [-0.4, -0.2) is 35.1 Å². The largest absolute Gasteiger partial charge is 0.391 e. The van der Waals surface area contributed by atoms with Crippen LogP contribution in [0.5, 0.6) is 0 Å². The van der Waals surface area contributed by atoms with Crippen LogP contribution in [0.1, 0.15) is 25.7 Å². The molecule has 1 heterocycles. The molecule has 2 saturated carbocycles. The first kappa shape index (κ1) is 8.72. The summed E-state index contributed by atoms with van der Waals surface area (Å²) in [5, 5.41) is 9.36. The van der Waals surface area contributed by atoms with Crippen LogP contribution in [0.2, 0.25) is 0 Å². The van der Waals surface area contributed by atoms with E-state index in [1.807, 2.05) is 4.90 Å². The van der Waals surface area contributed by atoms with E-state index in [9.17, 15) is 9.90 Å². The van der Waals surface area contributed by atoms with E-state index in [2.05, 4.69) is 0 Å². The summed E-state index contributed by atoms with van der Waals surface area (Å²) >= 11 is 0. The fourth-order valence-corrected chi connectivity index (χ4v) is 3.12. The number of carbonyl (C=O) groups is 1. The molecule has 0 bridgehead atoms. The van der Waals surface area contributed by atoms with E-state index in [1.165, 1.54) is 6.42 Å². The molecule has 1 amide bonds. The van der Waals surface area contributed by atoms with Crippen LogP contribution in [0, 0.1) is 17.8 Å². The van der Waals surface area contributed by atoms with E-state index in [0.717, 1.165) is 37.6 Å². The number of hydrogen-bond acceptors (Lipinski definition) is 2. The van der Waals surface area contributed by atoms with E-state index in [1.54, 1.807) is 0 Å². The third kappa shape index (κ3) is 1.34. The molecule has 0 radical (unpaired) electrons. The van der Waals surface area contributed by atoms with Crippen LogP contribution < -0.4 is 0 Å². The average molecular weight is 195 g/mol. The van der Waals surface area contributed by atoms with E-state index in [4.69, 9.17) is 0 Å². The summed E-state index contributed by atoms with van der Waals surface area (Å²) in [6, 6.07) is 0. The zero-order valence-corrected chi connectivity index (χ0v) is 8.35. The third-order valence-corrected chi connectivity index (χ3v) is 4.07. The molecule has 78 valence electrons. The maximum atomic E-state index is 12.0. The Morgan fingerprint density at radius 2 is 1.93 bits per heavy atom. The maximum absolute atomic E-state index is 12.0. The van der Waals surface area contributed by atoms with Crippen molar-refractivity contribution in [3.8, 4) is 0 Å². The molecule has 0 aromatic heterocycles. The number of nitrogens with zero attached hydrogens (tertiary/aromatic N) is 1. The van der Waals surface area contributed by atoms with Crippen LogP contribution in [0.25, 0.3) is 0 Å². The lowest BCUT2D eigenvalue weighted by molar-refractivity contribution is -0.134. The lowest BCUT2D eigenvalue weighted by Gasteiger charge is -2.20. The summed E-state index contributed by atoms with van der Waals surface area (Å²) in [4.78, 5) is 13.8. The molecule has 0 spiro atoms. The van der Waals surface area contributed by atoms with Gasteiger partial charge in [-0.3, -0.25) is 4.79 Å². The highest BCUT2D eigenvalue weighted by atomic mass is 16.3. The van der Waals surface area contributed by atoms with Crippen molar-refractivity contribution >= 4 is 5.91 Å². The molecule has 3 heteroatoms. The lowest BCUT2D eigenvalue weighted by Crippen LogP contribution is -2.34. The van der Waals surface area contributed by atoms with Crippen molar-refractivity contribution < 1.29 is 9.90 Å². The maximum Gasteiger partial charge on any atom is 0.225 e. The van der Waals surface area contributed by atoms with Gasteiger partial charge in [0.25, 0.3) is 0 Å². The van der Waals surface area contributed by atoms with Gasteiger partial charge in [0, 0.05) is 19.0 Å². The average Bonchev–Trinajstić information content (AvgIpc) is 2.64. The van der Waals surface area contributed by atoms with Crippen molar-refractivity contribution in [1.82, 2.24) is 4.90 Å². The Morgan fingerprint density at radius 3 is 2.50 bits per heavy atom. The second-order valence-corrected chi connectivity index (χ2v) is 5.15. The Kier molecular flexibility index (Phi) is 1.84. The quantitative estimate of drug-likeness (QED) is 0.666. The molecule has 14 heavy (non-hydrogen) atoms. The molecule has 3 atom stereocenters. The van der Waals surface area contributed by atoms with Gasteiger partial charge in [-0.05, 0) is 37.5 Å². The first-order valence-electron chi connectivity index (χ1n) is 5.71. The minimum absolute atomic E-state index is 0.269. The number of aliphatic hydroxyl groups is 1. The third-order valence-electron chi connectivity index (χ3n) is 4.07. The van der Waals surface area contributed by atoms with Crippen molar-refractivity contribution in [3.63, 3.8) is 0 Å². The van der Waals surface area contributed by atoms with Gasteiger partial charge in [0.2, 0.25) is 5.91 Å². The lowest BCUT2D eigenvalue weighted by atomic mass is 10.0. The molecule has 1 aliphatic heterocycles. The van der Waals surface area contributed by atoms with Gasteiger partial charge < -0.3 is 10.0 Å². The van der Waals surface area contributed by atoms with E-state index < -0.39 is 0 Å². The summed E-state index contributed by atoms with van der Waals surface area (Å²) < 4.78 is 0. The highest BCUT2D eigenvalue weighted by molar-refractivity contribution is 5.79. The van der Waals surface area contributed by atoms with Crippen LogP contribution in [0.4, 0.5) is 0 Å². The number of fused-ring (bicyclic) bond motifs is 1. The molecular formula is C11H17NO2. The summed E-state index contributed by atoms with van der Waals surface area (Å²) in [7, 11) is 0. The van der Waals surface area contributed by atoms with E-state index >= 15 is 0 Å². The first-order valence-corrected chi connectivity index (χ1v) is 5.71. The van der Waals surface area contributed by atoms with Crippen LogP contribution in [-0.2, 0) is 4.79 Å². The smallest absolute Gasteiger partial charge is 0.225 e. The van der Waals surface area contributed by atoms with Gasteiger partial charge in [-0.15, -0.1) is 0 Å². The molecule has 2 unspecified atom stereocenters. The zero-order valence-electron chi connectivity index (χ0n) is 8.35. The topological polar surface area (TPSA) is 40.5 Å². The van der Waals surface area contributed by atoms with Crippen molar-refractivity contribution in [2.75, 3.05) is 13.1 Å². The minimum atomic E-state index is -0.269. The Bertz CT molecular complexity index is 247. The first-order chi connectivity index (χ1) is 6.74. The molecule has 3 nitrogen and oxygen atoms in total. The fourth-order valence-electron chi connectivity index (χ4n) is 3.12. The van der Waals surface area contributed by atoms with E-state index in [0.29, 0.717) is 18.4 Å². The predicted octanol–water partition coefficient (Wildman–Crippen LogP) is 0.626. The second-order valence-electron chi connectivity index (χ2n) is 5.15. The van der Waals surface area contributed by atoms with E-state index in [-0.39, 0.29) is 6.10 Å². The summed E-state index contributed by atoms with van der Waals surface area (Å²) in [5.41, 5.74) is 0. The van der Waals surface area contributed by atoms with Crippen LogP contribution in [0.3, 0.4) is 0 Å². The number of β-amino-alcohol motifs (C(OH)–C–C–N with tert-alkyl or cyclic N) is 1. The van der Waals surface area contributed by atoms with Gasteiger partial charge in [0.1, 0.15) is 0 Å². The van der Waals surface area contributed by atoms with Crippen molar-refractivity contribution in [2.24, 2.45) is 17.8 Å². The van der Waals surface area contributed by atoms with Gasteiger partial charge in [0.05, 0.1) is 6.10 Å². The molecule has 1 N–H and O–H groups in total. The molecule has 3 fully saturated rings. The Balaban J connectivity index is 1.59. The summed E-state index contributed by atoms with van der Waals surface area (Å²) in [6.45, 7) is 1.34. The highest BCUT2D eigenvalue weighted by Gasteiger charge is 2.49. The Hall–Kier alpha value is -0.570. The summed E-state index contributed by atoms with van der Waals surface area (Å²) in [5.74, 6) is 2.35. The highest BCUT2D eigenvalue weighted by Crippen LogP contribution is 2.54. The monoisotopic (exact) mass is 195 g/mol. The number of hydrogen-bond donors (Lipinski definition) is 1. The Labute approximate surface area is 84.1 Å². The van der Waals surface area contributed by atoms with Crippen molar-refractivity contribution in [1.29, 1.82) is 0 Å². The molecule has 2 aliphatic carbocycles. The second kappa shape index (κ2) is 2.96. The molecule has 1 saturated heterocycles. The number of likely N-dealkylation sites (tertiary alicyclic amines) is 1. The van der Waals surface area contributed by atoms with Crippen molar-refractivity contribution in [3.05, 3.63) is 0 Å². The Morgan fingerprint density at radius 1 is 1.21 bits per heavy atom. The van der Waals surface area contributed by atoms with Gasteiger partial charge >= 0.3 is 0 Å². The number of amides is 1. The SMILES string of the molecule is O=C(C1CC2CC2C1)N1CC[C@@H](O)C1. The number of rotatable bonds is 1. The van der Waals surface area contributed by atoms with Gasteiger partial charge in [-0.1, -0.05) is 0 Å². The molecule has 3 aliphatic rings. The van der Waals surface area contributed by atoms with Gasteiger partial charge in [0.15, 0.2) is 0 Å². The molecule has 0 aromatic carbocycles. The fraction of sp³-hybridized carbons (Fsp3) is 0.909. The minimum Gasteiger partial charge on any atom is -0.391 e. The molecule has 0 aromatic rings.